The van der Waals surface area contributed by atoms with Crippen LogP contribution in [0.4, 0.5) is 0 Å². The van der Waals surface area contributed by atoms with Crippen LogP contribution in [0.1, 0.15) is 0 Å². The van der Waals surface area contributed by atoms with Gasteiger partial charge in [-0.2, -0.15) is 0 Å². The molecule has 0 aliphatic carbocycles. The SMILES string of the molecule is [Ba+2].[Cd+2].[O-2].[O-2].[O-2].[Zn+2]. The van der Waals surface area contributed by atoms with Gasteiger partial charge in [-0.15, -0.1) is 0 Å². The minimum absolute atomic E-state index is 0. The predicted molar refractivity (Wildman–Crippen MR) is 7.81 cm³/mol. The van der Waals surface area contributed by atoms with E-state index in [0.29, 0.717) is 0 Å². The standard InChI is InChI=1S/Ba.Cd.3O.Zn/q2*+2;3*-2;+2. The second-order valence-corrected chi connectivity index (χ2v) is 0. The Bertz CT molecular complexity index is 10.8. The van der Waals surface area contributed by atoms with Crippen molar-refractivity contribution in [2.24, 2.45) is 0 Å². The molecule has 0 atom stereocenters. The van der Waals surface area contributed by atoms with Gasteiger partial charge in [0.05, 0.1) is 0 Å². The van der Waals surface area contributed by atoms with Crippen molar-refractivity contribution in [1.29, 1.82) is 0 Å². The molecule has 0 aliphatic rings. The van der Waals surface area contributed by atoms with E-state index in [1.54, 1.807) is 0 Å². The third-order valence-corrected chi connectivity index (χ3v) is 0. The van der Waals surface area contributed by atoms with Gasteiger partial charge in [0.25, 0.3) is 0 Å². The summed E-state index contributed by atoms with van der Waals surface area (Å²) in [6.07, 6.45) is 0. The molecule has 3 nitrogen and oxygen atoms in total. The van der Waals surface area contributed by atoms with Gasteiger partial charge in [0.2, 0.25) is 0 Å². The Labute approximate surface area is 110 Å². The summed E-state index contributed by atoms with van der Waals surface area (Å²) in [4.78, 5) is 0. The molecule has 0 N–H and O–H groups in total. The molecule has 0 amide bonds. The summed E-state index contributed by atoms with van der Waals surface area (Å²) < 4.78 is 0. The molecule has 0 aromatic heterocycles. The van der Waals surface area contributed by atoms with Gasteiger partial charge >= 0.3 is 95.7 Å². The van der Waals surface area contributed by atoms with Crippen molar-refractivity contribution < 1.29 is 63.2 Å². The quantitative estimate of drug-likeness (QED) is 0.508. The summed E-state index contributed by atoms with van der Waals surface area (Å²) in [6, 6.07) is 0. The third-order valence-electron chi connectivity index (χ3n) is 0. The molecule has 0 spiro atoms. The van der Waals surface area contributed by atoms with Crippen LogP contribution in [0.3, 0.4) is 0 Å². The van der Waals surface area contributed by atoms with E-state index < -0.39 is 0 Å². The van der Waals surface area contributed by atoms with Crippen molar-refractivity contribution in [1.82, 2.24) is 0 Å². The summed E-state index contributed by atoms with van der Waals surface area (Å²) in [7, 11) is 0. The maximum Gasteiger partial charge on any atom is 2.00 e. The van der Waals surface area contributed by atoms with Crippen molar-refractivity contribution in [3.05, 3.63) is 0 Å². The average molecular weight is 363 g/mol. The summed E-state index contributed by atoms with van der Waals surface area (Å²) in [5.41, 5.74) is 0. The van der Waals surface area contributed by atoms with Crippen LogP contribution >= 0.6 is 0 Å². The van der Waals surface area contributed by atoms with Gasteiger partial charge < -0.3 is 16.4 Å². The smallest absolute Gasteiger partial charge is 2.00 e. The molecular formula is BaCdO3Zn. The molecular weight excluding hydrogens is 363 g/mol. The predicted octanol–water partition coefficient (Wildman–Crippen LogP) is -0.742. The van der Waals surface area contributed by atoms with Crippen LogP contribution in [0, 0.1) is 0 Å². The first kappa shape index (κ1) is 64.1. The topological polar surface area (TPSA) is 85.5 Å². The minimum atomic E-state index is 0. The maximum absolute atomic E-state index is 0. The van der Waals surface area contributed by atoms with Crippen LogP contribution in [0.25, 0.3) is 0 Å². The van der Waals surface area contributed by atoms with Crippen LogP contribution in [0.2, 0.25) is 0 Å². The van der Waals surface area contributed by atoms with Crippen LogP contribution < -0.4 is 0 Å². The normalized spacial score (nSPS) is 0. The van der Waals surface area contributed by atoms with E-state index in [1.165, 1.54) is 0 Å². The van der Waals surface area contributed by atoms with E-state index in [-0.39, 0.29) is 112 Å². The van der Waals surface area contributed by atoms with E-state index in [1.807, 2.05) is 0 Å². The Morgan fingerprint density at radius 1 is 0.667 bits per heavy atom. The first-order chi connectivity index (χ1) is 0. The van der Waals surface area contributed by atoms with Gasteiger partial charge in [-0.3, -0.25) is 0 Å². The molecule has 0 rings (SSSR count). The van der Waals surface area contributed by atoms with E-state index >= 15 is 0 Å². The van der Waals surface area contributed by atoms with Gasteiger partial charge in [-0.05, 0) is 0 Å². The Morgan fingerprint density at radius 3 is 0.667 bits per heavy atom. The zero-order valence-corrected chi connectivity index (χ0v) is 14.8. The summed E-state index contributed by atoms with van der Waals surface area (Å²) in [6.45, 7) is 0. The third kappa shape index (κ3) is 28.0. The van der Waals surface area contributed by atoms with Crippen LogP contribution in [-0.4, -0.2) is 48.9 Å². The van der Waals surface area contributed by atoms with Gasteiger partial charge in [0, 0.05) is 0 Å². The molecule has 0 radical (unpaired) electrons. The monoisotopic (exact) mass is 364 g/mol. The van der Waals surface area contributed by atoms with Crippen molar-refractivity contribution in [3.63, 3.8) is 0 Å². The number of rotatable bonds is 0. The molecule has 0 heterocycles. The van der Waals surface area contributed by atoms with Crippen molar-refractivity contribution in [2.75, 3.05) is 0 Å². The second kappa shape index (κ2) is 43.6. The molecule has 0 aromatic carbocycles. The molecule has 0 aliphatic heterocycles. The Morgan fingerprint density at radius 2 is 0.667 bits per heavy atom. The van der Waals surface area contributed by atoms with Crippen molar-refractivity contribution >= 4 is 48.9 Å². The van der Waals surface area contributed by atoms with Crippen molar-refractivity contribution in [2.45, 2.75) is 0 Å². The van der Waals surface area contributed by atoms with E-state index in [4.69, 9.17) is 0 Å². The van der Waals surface area contributed by atoms with E-state index in [9.17, 15) is 0 Å². The van der Waals surface area contributed by atoms with Crippen LogP contribution in [-0.2, 0) is 63.2 Å². The largest absolute Gasteiger partial charge is 2.00 e. The molecule has 0 fully saturated rings. The molecule has 6 heteroatoms. The number of hydrogen-bond donors (Lipinski definition) is 0. The second-order valence-electron chi connectivity index (χ2n) is 0. The Kier molecular flexibility index (Phi) is 465. The zero-order valence-electron chi connectivity index (χ0n) is 3.35. The molecule has 0 saturated heterocycles. The molecule has 0 bridgehead atoms. The molecule has 0 aromatic rings. The van der Waals surface area contributed by atoms with Crippen LogP contribution in [0.5, 0.6) is 0 Å². The van der Waals surface area contributed by atoms with E-state index in [2.05, 4.69) is 0 Å². The van der Waals surface area contributed by atoms with Gasteiger partial charge in [0.15, 0.2) is 0 Å². The molecule has 0 saturated carbocycles. The molecule has 6 heavy (non-hydrogen) atoms. The fourth-order valence-corrected chi connectivity index (χ4v) is 0. The Balaban J connectivity index is 0. The summed E-state index contributed by atoms with van der Waals surface area (Å²) >= 11 is 0. The average Bonchev–Trinajstić information content (AvgIpc) is 0. The maximum atomic E-state index is 0. The van der Waals surface area contributed by atoms with Gasteiger partial charge in [0.1, 0.15) is 0 Å². The fourth-order valence-electron chi connectivity index (χ4n) is 0. The molecule has 0 unspecified atom stereocenters. The first-order valence-corrected chi connectivity index (χ1v) is 0. The summed E-state index contributed by atoms with van der Waals surface area (Å²) in [5, 5.41) is 0. The Hall–Kier alpha value is 3.00. The molecule has 24 valence electrons. The summed E-state index contributed by atoms with van der Waals surface area (Å²) in [5.74, 6) is 0. The first-order valence-electron chi connectivity index (χ1n) is 0. The fraction of sp³-hybridized carbons (Fsp3) is 0. The van der Waals surface area contributed by atoms with E-state index in [0.717, 1.165) is 0 Å². The number of hydrogen-bond acceptors (Lipinski definition) is 0. The van der Waals surface area contributed by atoms with Gasteiger partial charge in [-0.1, -0.05) is 0 Å². The van der Waals surface area contributed by atoms with Crippen LogP contribution in [0.15, 0.2) is 0 Å². The van der Waals surface area contributed by atoms with Crippen molar-refractivity contribution in [3.8, 4) is 0 Å². The minimum Gasteiger partial charge on any atom is -2.00 e. The zero-order chi connectivity index (χ0) is 0. The van der Waals surface area contributed by atoms with Gasteiger partial charge in [-0.25, -0.2) is 0 Å².